The third kappa shape index (κ3) is 4.89. The number of aliphatic hydroxyl groups is 4. The fraction of sp³-hybridized carbons (Fsp3) is 0.571. The van der Waals surface area contributed by atoms with Gasteiger partial charge in [-0.15, -0.1) is 0 Å². The smallest absolute Gasteiger partial charge is 0.113 e. The zero-order chi connectivity index (χ0) is 23.7. The van der Waals surface area contributed by atoms with Gasteiger partial charge >= 0.3 is 0 Å². The molecule has 4 rings (SSSR count). The fourth-order valence-electron chi connectivity index (χ4n) is 5.50. The standard InChI is InChI=1S/C28H38O5/c1-4-17-8-10-18(11-9-17)13-19-14-23(22(12-16(2)3)21-7-5-6-20(19)21)28-27(32)26(31)25(30)24(15-29)33-28/h8-11,14,16,24-32H,4-7,12-13,15H2,1-3H3/t24-,25-,26+,27-,28+/m1/s1. The molecule has 0 unspecified atom stereocenters. The van der Waals surface area contributed by atoms with Crippen LogP contribution in [0, 0.1) is 5.92 Å². The predicted molar refractivity (Wildman–Crippen MR) is 128 cm³/mol. The molecule has 0 aromatic heterocycles. The summed E-state index contributed by atoms with van der Waals surface area (Å²) in [7, 11) is 0. The normalized spacial score (nSPS) is 27.2. The van der Waals surface area contributed by atoms with Crippen LogP contribution in [0.5, 0.6) is 0 Å². The Labute approximate surface area is 197 Å². The van der Waals surface area contributed by atoms with Crippen molar-refractivity contribution in [1.29, 1.82) is 0 Å². The minimum Gasteiger partial charge on any atom is -0.394 e. The lowest BCUT2D eigenvalue weighted by Gasteiger charge is -2.41. The molecule has 0 spiro atoms. The summed E-state index contributed by atoms with van der Waals surface area (Å²) in [5.41, 5.74) is 8.67. The molecule has 1 aliphatic heterocycles. The van der Waals surface area contributed by atoms with E-state index in [1.165, 1.54) is 33.4 Å². The molecule has 2 aromatic carbocycles. The second kappa shape index (κ2) is 10.2. The molecule has 0 saturated carbocycles. The lowest BCUT2D eigenvalue weighted by molar-refractivity contribution is -0.231. The second-order valence-electron chi connectivity index (χ2n) is 10.1. The summed E-state index contributed by atoms with van der Waals surface area (Å²) >= 11 is 0. The van der Waals surface area contributed by atoms with Gasteiger partial charge in [0, 0.05) is 0 Å². The van der Waals surface area contributed by atoms with E-state index in [1.807, 2.05) is 0 Å². The topological polar surface area (TPSA) is 90.2 Å². The molecule has 5 atom stereocenters. The predicted octanol–water partition coefficient (Wildman–Crippen LogP) is 3.04. The fourth-order valence-corrected chi connectivity index (χ4v) is 5.50. The van der Waals surface area contributed by atoms with Gasteiger partial charge in [0.2, 0.25) is 0 Å². The van der Waals surface area contributed by atoms with Crippen molar-refractivity contribution in [2.24, 2.45) is 5.92 Å². The molecular formula is C28H38O5. The minimum atomic E-state index is -1.37. The number of ether oxygens (including phenoxy) is 1. The maximum absolute atomic E-state index is 10.9. The average Bonchev–Trinajstić information content (AvgIpc) is 3.30. The van der Waals surface area contributed by atoms with Gasteiger partial charge in [0.05, 0.1) is 6.61 Å². The van der Waals surface area contributed by atoms with E-state index in [0.717, 1.165) is 44.1 Å². The van der Waals surface area contributed by atoms with Gasteiger partial charge in [-0.25, -0.2) is 0 Å². The maximum Gasteiger partial charge on any atom is 0.113 e. The number of aryl methyl sites for hydroxylation is 1. The highest BCUT2D eigenvalue weighted by molar-refractivity contribution is 5.51. The van der Waals surface area contributed by atoms with Crippen LogP contribution in [0.25, 0.3) is 0 Å². The molecule has 1 fully saturated rings. The van der Waals surface area contributed by atoms with E-state index in [9.17, 15) is 20.4 Å². The highest BCUT2D eigenvalue weighted by Gasteiger charge is 2.45. The van der Waals surface area contributed by atoms with E-state index < -0.39 is 37.1 Å². The Bertz CT molecular complexity index is 950. The van der Waals surface area contributed by atoms with Gasteiger partial charge in [0.15, 0.2) is 0 Å². The van der Waals surface area contributed by atoms with Gasteiger partial charge in [0.25, 0.3) is 0 Å². The second-order valence-corrected chi connectivity index (χ2v) is 10.1. The Morgan fingerprint density at radius 1 is 0.939 bits per heavy atom. The molecule has 2 aromatic rings. The quantitative estimate of drug-likeness (QED) is 0.516. The molecule has 0 radical (unpaired) electrons. The largest absolute Gasteiger partial charge is 0.394 e. The van der Waals surface area contributed by atoms with E-state index >= 15 is 0 Å². The summed E-state index contributed by atoms with van der Waals surface area (Å²) in [6.45, 7) is 6.11. The van der Waals surface area contributed by atoms with E-state index in [0.29, 0.717) is 5.92 Å². The van der Waals surface area contributed by atoms with Crippen LogP contribution in [-0.2, 0) is 36.8 Å². The maximum atomic E-state index is 10.9. The summed E-state index contributed by atoms with van der Waals surface area (Å²) in [4.78, 5) is 0. The number of hydrogen-bond acceptors (Lipinski definition) is 5. The lowest BCUT2D eigenvalue weighted by atomic mass is 9.81. The van der Waals surface area contributed by atoms with Gasteiger partial charge in [-0.05, 0) is 83.4 Å². The number of aliphatic hydroxyl groups excluding tert-OH is 4. The molecule has 1 saturated heterocycles. The van der Waals surface area contributed by atoms with Gasteiger partial charge < -0.3 is 25.2 Å². The minimum absolute atomic E-state index is 0.414. The molecule has 5 nitrogen and oxygen atoms in total. The van der Waals surface area contributed by atoms with Crippen molar-refractivity contribution in [3.05, 3.63) is 69.3 Å². The Morgan fingerprint density at radius 3 is 2.24 bits per heavy atom. The molecule has 33 heavy (non-hydrogen) atoms. The molecule has 0 bridgehead atoms. The van der Waals surface area contributed by atoms with Crippen LogP contribution in [0.15, 0.2) is 30.3 Å². The van der Waals surface area contributed by atoms with Crippen LogP contribution in [0.3, 0.4) is 0 Å². The van der Waals surface area contributed by atoms with Crippen molar-refractivity contribution in [3.8, 4) is 0 Å². The zero-order valence-electron chi connectivity index (χ0n) is 20.0. The first kappa shape index (κ1) is 24.4. The first-order chi connectivity index (χ1) is 15.8. The van der Waals surface area contributed by atoms with E-state index in [-0.39, 0.29) is 0 Å². The average molecular weight is 455 g/mol. The molecule has 0 amide bonds. The van der Waals surface area contributed by atoms with Crippen molar-refractivity contribution in [2.45, 2.75) is 89.8 Å². The first-order valence-electron chi connectivity index (χ1n) is 12.4. The Hall–Kier alpha value is -1.76. The molecule has 1 aliphatic carbocycles. The van der Waals surface area contributed by atoms with Crippen molar-refractivity contribution in [2.75, 3.05) is 6.61 Å². The third-order valence-corrected chi connectivity index (χ3v) is 7.28. The van der Waals surface area contributed by atoms with E-state index in [1.54, 1.807) is 0 Å². The van der Waals surface area contributed by atoms with Crippen LogP contribution in [-0.4, -0.2) is 51.4 Å². The number of hydrogen-bond donors (Lipinski definition) is 4. The number of rotatable bonds is 7. The number of benzene rings is 2. The molecule has 5 heteroatoms. The Balaban J connectivity index is 1.79. The zero-order valence-corrected chi connectivity index (χ0v) is 20.0. The van der Waals surface area contributed by atoms with Crippen LogP contribution in [0.4, 0.5) is 0 Å². The summed E-state index contributed by atoms with van der Waals surface area (Å²) in [5, 5.41) is 41.4. The van der Waals surface area contributed by atoms with Crippen molar-refractivity contribution >= 4 is 0 Å². The number of fused-ring (bicyclic) bond motifs is 1. The Morgan fingerprint density at radius 2 is 1.61 bits per heavy atom. The van der Waals surface area contributed by atoms with Crippen LogP contribution >= 0.6 is 0 Å². The highest BCUT2D eigenvalue weighted by Crippen LogP contribution is 2.41. The van der Waals surface area contributed by atoms with Crippen molar-refractivity contribution in [1.82, 2.24) is 0 Å². The molecular weight excluding hydrogens is 416 g/mol. The SMILES string of the molecule is CCc1ccc(Cc2cc([C@@H]3O[C@H](CO)[C@@H](O)[C@H](O)[C@H]3O)c(CC(C)C)c3c2CCC3)cc1. The first-order valence-corrected chi connectivity index (χ1v) is 12.4. The third-order valence-electron chi connectivity index (χ3n) is 7.28. The molecule has 1 heterocycles. The van der Waals surface area contributed by atoms with Gasteiger partial charge in [-0.3, -0.25) is 0 Å². The summed E-state index contributed by atoms with van der Waals surface area (Å²) < 4.78 is 6.02. The van der Waals surface area contributed by atoms with Crippen LogP contribution in [0.2, 0.25) is 0 Å². The van der Waals surface area contributed by atoms with E-state index in [4.69, 9.17) is 4.74 Å². The molecule has 2 aliphatic rings. The van der Waals surface area contributed by atoms with Gasteiger partial charge in [-0.1, -0.05) is 51.1 Å². The van der Waals surface area contributed by atoms with Gasteiger partial charge in [-0.2, -0.15) is 0 Å². The van der Waals surface area contributed by atoms with Crippen molar-refractivity contribution in [3.63, 3.8) is 0 Å². The monoisotopic (exact) mass is 454 g/mol. The Kier molecular flexibility index (Phi) is 7.56. The summed E-state index contributed by atoms with van der Waals surface area (Å²) in [6, 6.07) is 10.9. The van der Waals surface area contributed by atoms with Crippen molar-refractivity contribution < 1.29 is 25.2 Å². The highest BCUT2D eigenvalue weighted by atomic mass is 16.5. The summed E-state index contributed by atoms with van der Waals surface area (Å²) in [5.74, 6) is 0.422. The van der Waals surface area contributed by atoms with E-state index in [2.05, 4.69) is 51.1 Å². The van der Waals surface area contributed by atoms with Crippen LogP contribution < -0.4 is 0 Å². The van der Waals surface area contributed by atoms with Gasteiger partial charge in [0.1, 0.15) is 30.5 Å². The lowest BCUT2D eigenvalue weighted by Crippen LogP contribution is -2.55. The molecule has 4 N–H and O–H groups in total. The summed E-state index contributed by atoms with van der Waals surface area (Å²) in [6.07, 6.45) is 0.178. The molecule has 180 valence electrons. The van der Waals surface area contributed by atoms with Crippen LogP contribution in [0.1, 0.15) is 72.2 Å².